The molecule has 1 saturated heterocycles. The number of anilines is 1. The van der Waals surface area contributed by atoms with Crippen LogP contribution in [0.3, 0.4) is 0 Å². The molecule has 4 rings (SSSR count). The van der Waals surface area contributed by atoms with Crippen molar-refractivity contribution in [3.63, 3.8) is 0 Å². The molecule has 0 spiro atoms. The summed E-state index contributed by atoms with van der Waals surface area (Å²) in [6.45, 7) is 2.50. The highest BCUT2D eigenvalue weighted by molar-refractivity contribution is 5.79. The number of carbonyl (C=O) groups is 1. The lowest BCUT2D eigenvalue weighted by Crippen LogP contribution is -2.44. The van der Waals surface area contributed by atoms with Crippen molar-refractivity contribution in [3.8, 4) is 0 Å². The smallest absolute Gasteiger partial charge is 0.269 e. The summed E-state index contributed by atoms with van der Waals surface area (Å²) in [4.78, 5) is 29.6. The monoisotopic (exact) mass is 416 g/mol. The lowest BCUT2D eigenvalue weighted by atomic mass is 9.96. The largest absolute Gasteiger partial charge is 0.369 e. The maximum atomic E-state index is 13.0. The van der Waals surface area contributed by atoms with Gasteiger partial charge in [0.25, 0.3) is 5.56 Å². The number of aromatic nitrogens is 2. The Morgan fingerprint density at radius 3 is 2.42 bits per heavy atom. The van der Waals surface area contributed by atoms with E-state index >= 15 is 0 Å². The van der Waals surface area contributed by atoms with Crippen molar-refractivity contribution in [1.29, 1.82) is 0 Å². The predicted octanol–water partition coefficient (Wildman–Crippen LogP) is 3.17. The van der Waals surface area contributed by atoms with E-state index < -0.39 is 0 Å². The van der Waals surface area contributed by atoms with Gasteiger partial charge in [-0.2, -0.15) is 5.10 Å². The molecule has 1 amide bonds. The molecule has 1 aromatic heterocycles. The van der Waals surface area contributed by atoms with E-state index in [4.69, 9.17) is 0 Å². The summed E-state index contributed by atoms with van der Waals surface area (Å²) in [5, 5.41) is 4.38. The van der Waals surface area contributed by atoms with Gasteiger partial charge in [-0.05, 0) is 24.0 Å². The standard InChI is InChI=1S/C25H28N4O2/c1-27(17-20-9-4-2-5-10-20)25(31)22-13-8-14-28(19-22)23-15-24(30)29(26-16-23)18-21-11-6-3-7-12-21/h2-7,9-12,15-16,22H,8,13-14,17-19H2,1H3/t22-/m0/s1. The summed E-state index contributed by atoms with van der Waals surface area (Å²) < 4.78 is 1.47. The van der Waals surface area contributed by atoms with Gasteiger partial charge in [-0.25, -0.2) is 4.68 Å². The van der Waals surface area contributed by atoms with Crippen molar-refractivity contribution in [1.82, 2.24) is 14.7 Å². The molecule has 3 aromatic rings. The Labute approximate surface area is 182 Å². The zero-order valence-corrected chi connectivity index (χ0v) is 17.9. The van der Waals surface area contributed by atoms with E-state index in [-0.39, 0.29) is 17.4 Å². The summed E-state index contributed by atoms with van der Waals surface area (Å²) in [5.41, 5.74) is 2.82. The molecule has 0 N–H and O–H groups in total. The van der Waals surface area contributed by atoms with Crippen molar-refractivity contribution in [2.45, 2.75) is 25.9 Å². The number of rotatable bonds is 6. The lowest BCUT2D eigenvalue weighted by molar-refractivity contribution is -0.135. The van der Waals surface area contributed by atoms with Gasteiger partial charge in [-0.1, -0.05) is 60.7 Å². The number of carbonyl (C=O) groups excluding carboxylic acids is 1. The first-order valence-corrected chi connectivity index (χ1v) is 10.7. The van der Waals surface area contributed by atoms with Crippen LogP contribution in [0.15, 0.2) is 77.7 Å². The quantitative estimate of drug-likeness (QED) is 0.619. The number of piperidine rings is 1. The number of hydrogen-bond acceptors (Lipinski definition) is 4. The molecular weight excluding hydrogens is 388 g/mol. The molecular formula is C25H28N4O2. The number of nitrogens with zero attached hydrogens (tertiary/aromatic N) is 4. The molecule has 2 heterocycles. The van der Waals surface area contributed by atoms with Gasteiger partial charge < -0.3 is 9.80 Å². The third kappa shape index (κ3) is 5.20. The highest BCUT2D eigenvalue weighted by atomic mass is 16.2. The Bertz CT molecular complexity index is 1070. The summed E-state index contributed by atoms with van der Waals surface area (Å²) in [6, 6.07) is 21.5. The predicted molar refractivity (Wildman–Crippen MR) is 122 cm³/mol. The maximum Gasteiger partial charge on any atom is 0.269 e. The summed E-state index contributed by atoms with van der Waals surface area (Å²) >= 11 is 0. The second-order valence-electron chi connectivity index (χ2n) is 8.16. The topological polar surface area (TPSA) is 58.4 Å². The van der Waals surface area contributed by atoms with Crippen molar-refractivity contribution < 1.29 is 4.79 Å². The summed E-state index contributed by atoms with van der Waals surface area (Å²) in [7, 11) is 1.86. The van der Waals surface area contributed by atoms with E-state index in [9.17, 15) is 9.59 Å². The fourth-order valence-electron chi connectivity index (χ4n) is 4.13. The summed E-state index contributed by atoms with van der Waals surface area (Å²) in [6.07, 6.45) is 3.53. The molecule has 2 aromatic carbocycles. The van der Waals surface area contributed by atoms with E-state index in [0.717, 1.165) is 36.2 Å². The second-order valence-corrected chi connectivity index (χ2v) is 8.16. The molecule has 1 aliphatic heterocycles. The molecule has 6 heteroatoms. The first-order valence-electron chi connectivity index (χ1n) is 10.7. The van der Waals surface area contributed by atoms with Gasteiger partial charge in [-0.15, -0.1) is 0 Å². The zero-order chi connectivity index (χ0) is 21.6. The van der Waals surface area contributed by atoms with Crippen LogP contribution in [0.1, 0.15) is 24.0 Å². The normalized spacial score (nSPS) is 16.2. The molecule has 0 radical (unpaired) electrons. The van der Waals surface area contributed by atoms with Crippen molar-refractivity contribution in [2.24, 2.45) is 5.92 Å². The van der Waals surface area contributed by atoms with Crippen LogP contribution < -0.4 is 10.5 Å². The van der Waals surface area contributed by atoms with E-state index in [1.165, 1.54) is 4.68 Å². The fourth-order valence-corrected chi connectivity index (χ4v) is 4.13. The van der Waals surface area contributed by atoms with E-state index in [0.29, 0.717) is 19.6 Å². The van der Waals surface area contributed by atoms with Crippen LogP contribution in [0.25, 0.3) is 0 Å². The Hall–Kier alpha value is -3.41. The highest BCUT2D eigenvalue weighted by Crippen LogP contribution is 2.23. The average Bonchev–Trinajstić information content (AvgIpc) is 2.81. The highest BCUT2D eigenvalue weighted by Gasteiger charge is 2.28. The molecule has 0 saturated carbocycles. The molecule has 0 unspecified atom stereocenters. The van der Waals surface area contributed by atoms with Crippen LogP contribution in [0, 0.1) is 5.92 Å². The summed E-state index contributed by atoms with van der Waals surface area (Å²) in [5.74, 6) is 0.0770. The van der Waals surface area contributed by atoms with E-state index in [1.54, 1.807) is 17.2 Å². The van der Waals surface area contributed by atoms with Crippen molar-refractivity contribution >= 4 is 11.6 Å². The number of hydrogen-bond donors (Lipinski definition) is 0. The van der Waals surface area contributed by atoms with Gasteiger partial charge in [0.05, 0.1) is 24.3 Å². The van der Waals surface area contributed by atoms with E-state index in [2.05, 4.69) is 10.00 Å². The maximum absolute atomic E-state index is 13.0. The molecule has 1 atom stereocenters. The first-order chi connectivity index (χ1) is 15.1. The second kappa shape index (κ2) is 9.60. The van der Waals surface area contributed by atoms with Gasteiger partial charge in [0.2, 0.25) is 5.91 Å². The Kier molecular flexibility index (Phi) is 6.46. The van der Waals surface area contributed by atoms with Crippen LogP contribution in [0.2, 0.25) is 0 Å². The van der Waals surface area contributed by atoms with Crippen molar-refractivity contribution in [2.75, 3.05) is 25.0 Å². The van der Waals surface area contributed by atoms with Crippen LogP contribution in [0.4, 0.5) is 5.69 Å². The minimum absolute atomic E-state index is 0.0748. The van der Waals surface area contributed by atoms with Gasteiger partial charge >= 0.3 is 0 Å². The van der Waals surface area contributed by atoms with Gasteiger partial charge in [-0.3, -0.25) is 9.59 Å². The van der Waals surface area contributed by atoms with Crippen LogP contribution >= 0.6 is 0 Å². The van der Waals surface area contributed by atoms with Crippen LogP contribution in [-0.4, -0.2) is 40.7 Å². The Morgan fingerprint density at radius 2 is 1.74 bits per heavy atom. The number of benzene rings is 2. The minimum Gasteiger partial charge on any atom is -0.369 e. The number of amides is 1. The average molecular weight is 417 g/mol. The Balaban J connectivity index is 1.41. The molecule has 0 bridgehead atoms. The van der Waals surface area contributed by atoms with Gasteiger partial charge in [0.15, 0.2) is 0 Å². The zero-order valence-electron chi connectivity index (χ0n) is 17.9. The van der Waals surface area contributed by atoms with Crippen LogP contribution in [0.5, 0.6) is 0 Å². The molecule has 1 aliphatic rings. The van der Waals surface area contributed by atoms with Gasteiger partial charge in [0, 0.05) is 32.7 Å². The fraction of sp³-hybridized carbons (Fsp3) is 0.320. The molecule has 160 valence electrons. The van der Waals surface area contributed by atoms with Crippen LogP contribution in [-0.2, 0) is 17.9 Å². The third-order valence-corrected chi connectivity index (χ3v) is 5.80. The lowest BCUT2D eigenvalue weighted by Gasteiger charge is -2.35. The van der Waals surface area contributed by atoms with Gasteiger partial charge in [0.1, 0.15) is 0 Å². The molecule has 1 fully saturated rings. The molecule has 31 heavy (non-hydrogen) atoms. The third-order valence-electron chi connectivity index (χ3n) is 5.80. The minimum atomic E-state index is -0.129. The first kappa shape index (κ1) is 20.8. The molecule has 6 nitrogen and oxygen atoms in total. The SMILES string of the molecule is CN(Cc1ccccc1)C(=O)[C@H]1CCCN(c2cnn(Cc3ccccc3)c(=O)c2)C1. The molecule has 0 aliphatic carbocycles. The Morgan fingerprint density at radius 1 is 1.06 bits per heavy atom. The van der Waals surface area contributed by atoms with E-state index in [1.807, 2.05) is 67.7 Å². The van der Waals surface area contributed by atoms with Crippen molar-refractivity contribution in [3.05, 3.63) is 94.4 Å².